The minimum Gasteiger partial charge on any atom is -0.309 e. The summed E-state index contributed by atoms with van der Waals surface area (Å²) in [5.74, 6) is 0. The molecule has 0 aliphatic rings. The Balaban J connectivity index is 3.49. The van der Waals surface area contributed by atoms with Crippen molar-refractivity contribution in [1.82, 2.24) is 4.90 Å². The van der Waals surface area contributed by atoms with Gasteiger partial charge in [0.15, 0.2) is 0 Å². The third-order valence-electron chi connectivity index (χ3n) is 1.03. The van der Waals surface area contributed by atoms with Gasteiger partial charge in [0, 0.05) is 7.92 Å². The van der Waals surface area contributed by atoms with Crippen LogP contribution in [-0.4, -0.2) is 44.6 Å². The maximum absolute atomic E-state index is 7.51. The van der Waals surface area contributed by atoms with Gasteiger partial charge in [-0.25, -0.2) is 9.98 Å². The fourth-order valence-electron chi connectivity index (χ4n) is 0.551. The highest BCUT2D eigenvalue weighted by Gasteiger charge is 1.86. The summed E-state index contributed by atoms with van der Waals surface area (Å²) in [6, 6.07) is 2.58. The fraction of sp³-hybridized carbons (Fsp3) is 0.875. The molecule has 3 nitrogen and oxygen atoms in total. The second-order valence-corrected chi connectivity index (χ2v) is 2.39. The van der Waals surface area contributed by atoms with E-state index >= 15 is 0 Å². The van der Waals surface area contributed by atoms with Crippen molar-refractivity contribution in [2.24, 2.45) is 9.98 Å². The van der Waals surface area contributed by atoms with Crippen LogP contribution in [0.1, 0.15) is 14.7 Å². The first-order valence-electron chi connectivity index (χ1n) is 4.43. The van der Waals surface area contributed by atoms with E-state index in [1.54, 1.807) is 0 Å². The number of nitrogens with zero attached hydrogens (tertiary/aromatic N) is 3. The van der Waals surface area contributed by atoms with Gasteiger partial charge in [-0.2, -0.15) is 0 Å². The molecule has 0 fully saturated rings. The van der Waals surface area contributed by atoms with Crippen molar-refractivity contribution in [2.75, 3.05) is 33.7 Å². The number of hydrogen-bond donors (Lipinski definition) is 0. The van der Waals surface area contributed by atoms with Crippen molar-refractivity contribution in [1.29, 1.82) is 0 Å². The molecule has 0 N–H and O–H groups in total. The van der Waals surface area contributed by atoms with Crippen LogP contribution in [0, 0.1) is 0 Å². The molecule has 0 saturated carbocycles. The fourth-order valence-corrected chi connectivity index (χ4v) is 0.551. The van der Waals surface area contributed by atoms with Gasteiger partial charge in [0.2, 0.25) is 0 Å². The van der Waals surface area contributed by atoms with E-state index in [0.717, 1.165) is 13.0 Å². The predicted molar refractivity (Wildman–Crippen MR) is 48.4 cm³/mol. The summed E-state index contributed by atoms with van der Waals surface area (Å²) in [7, 11) is 3.78. The SMILES string of the molecule is [2H]C(CCN=C=NCC)N(C)C. The Morgan fingerprint density at radius 1 is 1.45 bits per heavy atom. The van der Waals surface area contributed by atoms with Crippen LogP contribution in [0.3, 0.4) is 0 Å². The van der Waals surface area contributed by atoms with Gasteiger partial charge in [0.05, 0.1) is 12.6 Å². The summed E-state index contributed by atoms with van der Waals surface area (Å²) >= 11 is 0. The van der Waals surface area contributed by atoms with Crippen LogP contribution >= 0.6 is 0 Å². The molecule has 0 amide bonds. The Labute approximate surface area is 70.2 Å². The highest BCUT2D eigenvalue weighted by molar-refractivity contribution is 5.40. The molecule has 0 rings (SSSR count). The zero-order chi connectivity index (χ0) is 9.40. The van der Waals surface area contributed by atoms with Crippen LogP contribution in [0.4, 0.5) is 0 Å². The molecule has 0 aromatic heterocycles. The topological polar surface area (TPSA) is 28.0 Å². The lowest BCUT2D eigenvalue weighted by atomic mass is 10.4. The number of hydrogen-bond acceptors (Lipinski definition) is 3. The maximum Gasteiger partial charge on any atom is 0.0892 e. The van der Waals surface area contributed by atoms with Crippen molar-refractivity contribution in [3.05, 3.63) is 0 Å². The van der Waals surface area contributed by atoms with Gasteiger partial charge < -0.3 is 4.90 Å². The van der Waals surface area contributed by atoms with Crippen LogP contribution in [0.25, 0.3) is 0 Å². The molecule has 1 atom stereocenters. The van der Waals surface area contributed by atoms with Crippen molar-refractivity contribution in [2.45, 2.75) is 13.3 Å². The highest BCUT2D eigenvalue weighted by atomic mass is 15.0. The van der Waals surface area contributed by atoms with E-state index in [9.17, 15) is 0 Å². The zero-order valence-corrected chi connectivity index (χ0v) is 7.54. The Kier molecular flexibility index (Phi) is 5.71. The van der Waals surface area contributed by atoms with Crippen molar-refractivity contribution < 1.29 is 1.37 Å². The number of aliphatic imine (C=N–C) groups is 2. The van der Waals surface area contributed by atoms with Crippen molar-refractivity contribution >= 4 is 6.01 Å². The summed E-state index contributed by atoms with van der Waals surface area (Å²) < 4.78 is 7.51. The van der Waals surface area contributed by atoms with Crippen molar-refractivity contribution in [3.63, 3.8) is 0 Å². The van der Waals surface area contributed by atoms with Crippen LogP contribution in [0.15, 0.2) is 9.98 Å². The quantitative estimate of drug-likeness (QED) is 0.548. The lowest BCUT2D eigenvalue weighted by molar-refractivity contribution is 0.403. The molecule has 64 valence electrons. The minimum absolute atomic E-state index is 0.169. The Morgan fingerprint density at radius 2 is 2.18 bits per heavy atom. The van der Waals surface area contributed by atoms with E-state index in [-0.39, 0.29) is 6.52 Å². The van der Waals surface area contributed by atoms with Gasteiger partial charge >= 0.3 is 0 Å². The predicted octanol–water partition coefficient (Wildman–Crippen LogP) is 1.13. The van der Waals surface area contributed by atoms with E-state index in [2.05, 4.69) is 16.0 Å². The molecule has 0 aromatic carbocycles. The third kappa shape index (κ3) is 9.34. The molecule has 0 aliphatic carbocycles. The molecule has 0 aliphatic heterocycles. The molecule has 0 bridgehead atoms. The average Bonchev–Trinajstić information content (AvgIpc) is 2.03. The van der Waals surface area contributed by atoms with Crippen LogP contribution in [0.2, 0.25) is 0 Å². The molecule has 11 heavy (non-hydrogen) atoms. The molecular formula is C8H17N3. The molecule has 0 aromatic rings. The first-order valence-corrected chi connectivity index (χ1v) is 3.85. The van der Waals surface area contributed by atoms with Crippen molar-refractivity contribution in [3.8, 4) is 0 Å². The van der Waals surface area contributed by atoms with Crippen LogP contribution in [0.5, 0.6) is 0 Å². The van der Waals surface area contributed by atoms with Crippen LogP contribution < -0.4 is 0 Å². The molecular weight excluding hydrogens is 138 g/mol. The second-order valence-electron chi connectivity index (χ2n) is 2.39. The Hall–Kier alpha value is -0.660. The van der Waals surface area contributed by atoms with E-state index in [4.69, 9.17) is 1.37 Å². The summed E-state index contributed by atoms with van der Waals surface area (Å²) in [6.07, 6.45) is 0.735. The molecule has 0 radical (unpaired) electrons. The van der Waals surface area contributed by atoms with Crippen LogP contribution in [-0.2, 0) is 0 Å². The van der Waals surface area contributed by atoms with Gasteiger partial charge in [-0.15, -0.1) is 0 Å². The van der Waals surface area contributed by atoms with Gasteiger partial charge in [-0.05, 0) is 34.0 Å². The average molecular weight is 156 g/mol. The molecule has 1 unspecified atom stereocenters. The molecule has 0 heterocycles. The third-order valence-corrected chi connectivity index (χ3v) is 1.03. The summed E-state index contributed by atoms with van der Waals surface area (Å²) in [5, 5.41) is 0. The van der Waals surface area contributed by atoms with E-state index in [0.29, 0.717) is 6.54 Å². The summed E-state index contributed by atoms with van der Waals surface area (Å²) in [4.78, 5) is 9.60. The first kappa shape index (κ1) is 8.44. The van der Waals surface area contributed by atoms with Gasteiger partial charge in [0.25, 0.3) is 0 Å². The van der Waals surface area contributed by atoms with E-state index in [1.807, 2.05) is 25.9 Å². The van der Waals surface area contributed by atoms with Gasteiger partial charge in [-0.1, -0.05) is 0 Å². The van der Waals surface area contributed by atoms with E-state index < -0.39 is 0 Å². The molecule has 0 spiro atoms. The Bertz CT molecular complexity index is 162. The normalized spacial score (nSPS) is 13.6. The first-order chi connectivity index (χ1) is 5.68. The smallest absolute Gasteiger partial charge is 0.0892 e. The largest absolute Gasteiger partial charge is 0.309 e. The standard InChI is InChI=1S/C8H17N3/c1-4-9-8-10-6-5-7-11(2)3/h4-7H2,1-3H3/i7D. The summed E-state index contributed by atoms with van der Waals surface area (Å²) in [5.41, 5.74) is 0. The number of rotatable bonds is 5. The lowest BCUT2D eigenvalue weighted by Crippen LogP contribution is -2.13. The van der Waals surface area contributed by atoms with Gasteiger partial charge in [0.1, 0.15) is 0 Å². The van der Waals surface area contributed by atoms with Gasteiger partial charge in [-0.3, -0.25) is 0 Å². The monoisotopic (exact) mass is 156 g/mol. The highest BCUT2D eigenvalue weighted by Crippen LogP contribution is 1.82. The summed E-state index contributed by atoms with van der Waals surface area (Å²) in [6.45, 7) is 3.13. The van der Waals surface area contributed by atoms with E-state index in [1.165, 1.54) is 0 Å². The minimum atomic E-state index is -0.169. The maximum atomic E-state index is 7.51. The molecule has 3 heteroatoms. The second kappa shape index (κ2) is 7.45. The zero-order valence-electron chi connectivity index (χ0n) is 8.54. The Morgan fingerprint density at radius 3 is 2.73 bits per heavy atom. The molecule has 0 saturated heterocycles. The lowest BCUT2D eigenvalue weighted by Gasteiger charge is -2.05.